The van der Waals surface area contributed by atoms with Gasteiger partial charge in [-0.2, -0.15) is 0 Å². The number of aromatic nitrogens is 2. The van der Waals surface area contributed by atoms with Gasteiger partial charge in [0.25, 0.3) is 0 Å². The normalized spacial score (nSPS) is 12.8. The van der Waals surface area contributed by atoms with Crippen molar-refractivity contribution >= 4 is 38.6 Å². The van der Waals surface area contributed by atoms with Crippen molar-refractivity contribution in [2.45, 2.75) is 26.1 Å². The van der Waals surface area contributed by atoms with E-state index >= 15 is 0 Å². The Hall–Kier alpha value is -1.32. The Labute approximate surface area is 137 Å². The van der Waals surface area contributed by atoms with Gasteiger partial charge in [0.2, 0.25) is 0 Å². The number of aryl methyl sites for hydroxylation is 2. The van der Waals surface area contributed by atoms with Crippen molar-refractivity contribution < 1.29 is 0 Å². The Kier molecular flexibility index (Phi) is 3.80. The monoisotopic (exact) mass is 362 g/mol. The van der Waals surface area contributed by atoms with Crippen LogP contribution in [-0.2, 0) is 0 Å². The van der Waals surface area contributed by atoms with Gasteiger partial charge in [-0.1, -0.05) is 28.1 Å². The molecule has 1 heterocycles. The molecule has 0 fully saturated rings. The number of imidazole rings is 1. The van der Waals surface area contributed by atoms with Crippen LogP contribution in [0.15, 0.2) is 40.9 Å². The Morgan fingerprint density at radius 3 is 2.62 bits per heavy atom. The third kappa shape index (κ3) is 2.60. The van der Waals surface area contributed by atoms with Crippen molar-refractivity contribution in [3.63, 3.8) is 0 Å². The van der Waals surface area contributed by atoms with Crippen LogP contribution in [0.2, 0.25) is 0 Å². The summed E-state index contributed by atoms with van der Waals surface area (Å²) in [4.78, 5) is 4.74. The standard InChI is InChI=1S/C17H16BrClN2/c1-10-4-7-15-14(8-10)20-17(12(3)19)21(15)16-9-13(18)6-5-11(16)2/h4-9,12H,1-3H3. The second-order valence-electron chi connectivity index (χ2n) is 5.34. The van der Waals surface area contributed by atoms with Crippen molar-refractivity contribution in [1.29, 1.82) is 0 Å². The van der Waals surface area contributed by atoms with Crippen LogP contribution in [0.1, 0.15) is 29.3 Å². The van der Waals surface area contributed by atoms with Crippen molar-refractivity contribution in [1.82, 2.24) is 9.55 Å². The van der Waals surface area contributed by atoms with Gasteiger partial charge >= 0.3 is 0 Å². The number of fused-ring (bicyclic) bond motifs is 1. The molecule has 0 aliphatic rings. The summed E-state index contributed by atoms with van der Waals surface area (Å²) in [6, 6.07) is 12.6. The Morgan fingerprint density at radius 1 is 1.14 bits per heavy atom. The number of rotatable bonds is 2. The molecule has 1 unspecified atom stereocenters. The molecule has 0 aliphatic heterocycles. The van der Waals surface area contributed by atoms with Gasteiger partial charge in [0.05, 0.1) is 22.1 Å². The summed E-state index contributed by atoms with van der Waals surface area (Å²) in [6.45, 7) is 6.14. The first-order chi connectivity index (χ1) is 9.97. The van der Waals surface area contributed by atoms with Crippen molar-refractivity contribution in [2.24, 2.45) is 0 Å². The molecule has 1 aromatic heterocycles. The second-order valence-corrected chi connectivity index (χ2v) is 6.91. The summed E-state index contributed by atoms with van der Waals surface area (Å²) < 4.78 is 3.21. The van der Waals surface area contributed by atoms with Gasteiger partial charge in [-0.05, 0) is 56.2 Å². The van der Waals surface area contributed by atoms with Crippen LogP contribution in [-0.4, -0.2) is 9.55 Å². The lowest BCUT2D eigenvalue weighted by atomic mass is 10.2. The molecule has 4 heteroatoms. The van der Waals surface area contributed by atoms with E-state index in [0.717, 1.165) is 27.0 Å². The van der Waals surface area contributed by atoms with Crippen molar-refractivity contribution in [3.05, 3.63) is 57.8 Å². The Bertz CT molecular complexity index is 821. The Morgan fingerprint density at radius 2 is 1.90 bits per heavy atom. The first kappa shape index (κ1) is 14.6. The van der Waals surface area contributed by atoms with Crippen LogP contribution in [0.4, 0.5) is 0 Å². The molecule has 0 N–H and O–H groups in total. The average molecular weight is 364 g/mol. The number of alkyl halides is 1. The van der Waals surface area contributed by atoms with Crippen molar-refractivity contribution in [2.75, 3.05) is 0 Å². The molecule has 21 heavy (non-hydrogen) atoms. The van der Waals surface area contributed by atoms with Crippen LogP contribution >= 0.6 is 27.5 Å². The molecule has 3 aromatic rings. The van der Waals surface area contributed by atoms with E-state index in [2.05, 4.69) is 64.7 Å². The van der Waals surface area contributed by atoms with Gasteiger partial charge in [0.15, 0.2) is 0 Å². The van der Waals surface area contributed by atoms with E-state index in [-0.39, 0.29) is 5.38 Å². The van der Waals surface area contributed by atoms with Gasteiger partial charge in [-0.3, -0.25) is 4.57 Å². The molecule has 0 aliphatic carbocycles. The third-order valence-electron chi connectivity index (χ3n) is 3.60. The maximum Gasteiger partial charge on any atom is 0.132 e. The number of benzene rings is 2. The minimum atomic E-state index is -0.156. The number of nitrogens with zero attached hydrogens (tertiary/aromatic N) is 2. The minimum absolute atomic E-state index is 0.156. The van der Waals surface area contributed by atoms with Crippen LogP contribution in [0, 0.1) is 13.8 Å². The first-order valence-corrected chi connectivity index (χ1v) is 8.10. The van der Waals surface area contributed by atoms with E-state index in [1.54, 1.807) is 0 Å². The fourth-order valence-corrected chi connectivity index (χ4v) is 3.05. The molecule has 108 valence electrons. The minimum Gasteiger partial charge on any atom is -0.295 e. The number of hydrogen-bond donors (Lipinski definition) is 0. The van der Waals surface area contributed by atoms with Gasteiger partial charge in [0, 0.05) is 4.47 Å². The highest BCUT2D eigenvalue weighted by atomic mass is 79.9. The van der Waals surface area contributed by atoms with E-state index in [4.69, 9.17) is 16.6 Å². The summed E-state index contributed by atoms with van der Waals surface area (Å²) in [5, 5.41) is -0.156. The van der Waals surface area contributed by atoms with E-state index in [9.17, 15) is 0 Å². The lowest BCUT2D eigenvalue weighted by molar-refractivity contribution is 0.878. The summed E-state index contributed by atoms with van der Waals surface area (Å²) in [7, 11) is 0. The summed E-state index contributed by atoms with van der Waals surface area (Å²) >= 11 is 9.92. The highest BCUT2D eigenvalue weighted by Gasteiger charge is 2.17. The smallest absolute Gasteiger partial charge is 0.132 e. The lowest BCUT2D eigenvalue weighted by Crippen LogP contribution is -2.03. The third-order valence-corrected chi connectivity index (χ3v) is 4.29. The molecule has 2 nitrogen and oxygen atoms in total. The zero-order valence-corrected chi connectivity index (χ0v) is 14.5. The topological polar surface area (TPSA) is 17.8 Å². The number of halogens is 2. The van der Waals surface area contributed by atoms with Gasteiger partial charge in [-0.25, -0.2) is 4.98 Å². The molecule has 0 saturated heterocycles. The van der Waals surface area contributed by atoms with E-state index in [1.165, 1.54) is 11.1 Å². The molecule has 3 rings (SSSR count). The number of hydrogen-bond acceptors (Lipinski definition) is 1. The summed E-state index contributed by atoms with van der Waals surface area (Å²) in [5.41, 5.74) is 5.57. The quantitative estimate of drug-likeness (QED) is 0.534. The van der Waals surface area contributed by atoms with Gasteiger partial charge in [0.1, 0.15) is 5.82 Å². The fourth-order valence-electron chi connectivity index (χ4n) is 2.55. The van der Waals surface area contributed by atoms with E-state index in [0.29, 0.717) is 0 Å². The zero-order chi connectivity index (χ0) is 15.1. The largest absolute Gasteiger partial charge is 0.295 e. The van der Waals surface area contributed by atoms with Gasteiger partial charge in [-0.15, -0.1) is 11.6 Å². The van der Waals surface area contributed by atoms with Crippen LogP contribution in [0.5, 0.6) is 0 Å². The highest BCUT2D eigenvalue weighted by molar-refractivity contribution is 9.10. The molecule has 0 saturated carbocycles. The molecule has 0 bridgehead atoms. The molecule has 1 atom stereocenters. The van der Waals surface area contributed by atoms with Crippen LogP contribution in [0.25, 0.3) is 16.7 Å². The van der Waals surface area contributed by atoms with Crippen molar-refractivity contribution in [3.8, 4) is 5.69 Å². The Balaban J connectivity index is 2.39. The molecule has 0 spiro atoms. The van der Waals surface area contributed by atoms with Crippen LogP contribution < -0.4 is 0 Å². The van der Waals surface area contributed by atoms with E-state index in [1.807, 2.05) is 13.0 Å². The highest BCUT2D eigenvalue weighted by Crippen LogP contribution is 2.31. The maximum absolute atomic E-state index is 6.37. The predicted octanol–water partition coefficient (Wildman–Crippen LogP) is 5.70. The average Bonchev–Trinajstić information content (AvgIpc) is 2.80. The first-order valence-electron chi connectivity index (χ1n) is 6.87. The SMILES string of the molecule is Cc1ccc2c(c1)nc(C(C)Cl)n2-c1cc(Br)ccc1C. The van der Waals surface area contributed by atoms with Crippen LogP contribution in [0.3, 0.4) is 0 Å². The molecule has 2 aromatic carbocycles. The molecule has 0 amide bonds. The lowest BCUT2D eigenvalue weighted by Gasteiger charge is -2.13. The predicted molar refractivity (Wildman–Crippen MR) is 92.5 cm³/mol. The molecular formula is C17H16BrClN2. The van der Waals surface area contributed by atoms with E-state index < -0.39 is 0 Å². The molecule has 0 radical (unpaired) electrons. The maximum atomic E-state index is 6.37. The summed E-state index contributed by atoms with van der Waals surface area (Å²) in [6.07, 6.45) is 0. The fraction of sp³-hybridized carbons (Fsp3) is 0.235. The molecular weight excluding hydrogens is 348 g/mol. The zero-order valence-electron chi connectivity index (χ0n) is 12.2. The summed E-state index contributed by atoms with van der Waals surface area (Å²) in [5.74, 6) is 0.874. The second kappa shape index (κ2) is 5.47. The van der Waals surface area contributed by atoms with Gasteiger partial charge < -0.3 is 0 Å².